The smallest absolute Gasteiger partial charge is 0.00414 e. The molecule has 0 saturated heterocycles. The summed E-state index contributed by atoms with van der Waals surface area (Å²) in [5.74, 6) is 0.886. The molecule has 0 spiro atoms. The maximum Gasteiger partial charge on any atom is 0.00414 e. The fraction of sp³-hybridized carbons (Fsp3) is 0.800. The van der Waals surface area contributed by atoms with E-state index in [0.29, 0.717) is 6.04 Å². The molecule has 0 aromatic rings. The lowest BCUT2D eigenvalue weighted by atomic mass is 9.83. The molecule has 2 atom stereocenters. The normalized spacial score (nSPS) is 31.7. The molecule has 0 bridgehead atoms. The highest BCUT2D eigenvalue weighted by atomic mass is 14.6. The first-order chi connectivity index (χ1) is 5.33. The van der Waals surface area contributed by atoms with Gasteiger partial charge in [0.25, 0.3) is 0 Å². The minimum absolute atomic E-state index is 0.485. The van der Waals surface area contributed by atoms with Gasteiger partial charge in [0.15, 0.2) is 0 Å². The van der Waals surface area contributed by atoms with Gasteiger partial charge in [-0.05, 0) is 31.6 Å². The Kier molecular flexibility index (Phi) is 3.64. The van der Waals surface area contributed by atoms with Gasteiger partial charge in [0.2, 0.25) is 0 Å². The minimum atomic E-state index is 0.485. The fourth-order valence-electron chi connectivity index (χ4n) is 1.95. The molecule has 1 aliphatic rings. The quantitative estimate of drug-likeness (QED) is 0.619. The van der Waals surface area contributed by atoms with Crippen LogP contribution >= 0.6 is 0 Å². The van der Waals surface area contributed by atoms with E-state index in [1.165, 1.54) is 32.1 Å². The largest absolute Gasteiger partial charge is 0.328 e. The average Bonchev–Trinajstić information content (AvgIpc) is 2.01. The highest BCUT2D eigenvalue weighted by molar-refractivity contribution is 4.77. The van der Waals surface area contributed by atoms with Gasteiger partial charge in [-0.2, -0.15) is 0 Å². The summed E-state index contributed by atoms with van der Waals surface area (Å²) < 4.78 is 0. The standard InChI is InChI=1S/C10H19N/c1-2-3-5-9-6-4-7-10(11)8-9/h2,9-10H,1,3-8,11H2. The summed E-state index contributed by atoms with van der Waals surface area (Å²) in [6.45, 7) is 3.73. The Labute approximate surface area is 69.7 Å². The van der Waals surface area contributed by atoms with E-state index in [9.17, 15) is 0 Å². The van der Waals surface area contributed by atoms with Crippen LogP contribution in [-0.4, -0.2) is 6.04 Å². The third-order valence-electron chi connectivity index (χ3n) is 2.60. The number of hydrogen-bond acceptors (Lipinski definition) is 1. The second-order valence-electron chi connectivity index (χ2n) is 3.66. The van der Waals surface area contributed by atoms with E-state index in [2.05, 4.69) is 6.58 Å². The molecule has 64 valence electrons. The van der Waals surface area contributed by atoms with E-state index in [0.717, 1.165) is 12.3 Å². The lowest BCUT2D eigenvalue weighted by molar-refractivity contribution is 0.308. The highest BCUT2D eigenvalue weighted by Crippen LogP contribution is 2.26. The Morgan fingerprint density at radius 2 is 2.27 bits per heavy atom. The monoisotopic (exact) mass is 153 g/mol. The predicted octanol–water partition coefficient (Wildman–Crippen LogP) is 2.47. The predicted molar refractivity (Wildman–Crippen MR) is 49.4 cm³/mol. The van der Waals surface area contributed by atoms with Crippen LogP contribution in [0.4, 0.5) is 0 Å². The molecule has 2 N–H and O–H groups in total. The van der Waals surface area contributed by atoms with Gasteiger partial charge in [-0.3, -0.25) is 0 Å². The van der Waals surface area contributed by atoms with E-state index >= 15 is 0 Å². The maximum atomic E-state index is 5.87. The van der Waals surface area contributed by atoms with Crippen molar-refractivity contribution in [1.29, 1.82) is 0 Å². The summed E-state index contributed by atoms with van der Waals surface area (Å²) in [7, 11) is 0. The molecule has 0 aliphatic heterocycles. The van der Waals surface area contributed by atoms with E-state index in [1.54, 1.807) is 0 Å². The fourth-order valence-corrected chi connectivity index (χ4v) is 1.95. The van der Waals surface area contributed by atoms with Gasteiger partial charge in [0, 0.05) is 6.04 Å². The number of hydrogen-bond donors (Lipinski definition) is 1. The van der Waals surface area contributed by atoms with Crippen molar-refractivity contribution < 1.29 is 0 Å². The number of allylic oxidation sites excluding steroid dienone is 1. The van der Waals surface area contributed by atoms with Gasteiger partial charge in [-0.25, -0.2) is 0 Å². The van der Waals surface area contributed by atoms with Gasteiger partial charge in [-0.1, -0.05) is 18.9 Å². The summed E-state index contributed by atoms with van der Waals surface area (Å²) in [5, 5.41) is 0. The molecule has 2 unspecified atom stereocenters. The molecule has 1 nitrogen and oxygen atoms in total. The number of nitrogens with two attached hydrogens (primary N) is 1. The summed E-state index contributed by atoms with van der Waals surface area (Å²) in [4.78, 5) is 0. The third kappa shape index (κ3) is 3.06. The second kappa shape index (κ2) is 4.55. The Balaban J connectivity index is 2.17. The molecule has 0 amide bonds. The molecule has 1 saturated carbocycles. The first kappa shape index (κ1) is 8.79. The van der Waals surface area contributed by atoms with Crippen molar-refractivity contribution in [1.82, 2.24) is 0 Å². The van der Waals surface area contributed by atoms with Crippen molar-refractivity contribution >= 4 is 0 Å². The van der Waals surface area contributed by atoms with Crippen molar-refractivity contribution in [2.45, 2.75) is 44.6 Å². The Morgan fingerprint density at radius 1 is 1.45 bits per heavy atom. The average molecular weight is 153 g/mol. The van der Waals surface area contributed by atoms with Crippen molar-refractivity contribution in [2.75, 3.05) is 0 Å². The lowest BCUT2D eigenvalue weighted by Crippen LogP contribution is -2.27. The summed E-state index contributed by atoms with van der Waals surface area (Å²) in [5.41, 5.74) is 5.87. The van der Waals surface area contributed by atoms with Crippen LogP contribution < -0.4 is 5.73 Å². The van der Waals surface area contributed by atoms with Crippen LogP contribution in [-0.2, 0) is 0 Å². The summed E-state index contributed by atoms with van der Waals surface area (Å²) >= 11 is 0. The Bertz CT molecular complexity index is 120. The van der Waals surface area contributed by atoms with Crippen LogP contribution in [0.15, 0.2) is 12.7 Å². The minimum Gasteiger partial charge on any atom is -0.328 e. The molecule has 0 aromatic carbocycles. The van der Waals surface area contributed by atoms with Gasteiger partial charge < -0.3 is 5.73 Å². The molecule has 11 heavy (non-hydrogen) atoms. The molecular weight excluding hydrogens is 134 g/mol. The lowest BCUT2D eigenvalue weighted by Gasteiger charge is -2.26. The second-order valence-corrected chi connectivity index (χ2v) is 3.66. The summed E-state index contributed by atoms with van der Waals surface area (Å²) in [6.07, 6.45) is 9.69. The molecule has 1 rings (SSSR count). The van der Waals surface area contributed by atoms with Crippen LogP contribution in [0.2, 0.25) is 0 Å². The van der Waals surface area contributed by atoms with Gasteiger partial charge >= 0.3 is 0 Å². The topological polar surface area (TPSA) is 26.0 Å². The SMILES string of the molecule is C=CCCC1CCCC(N)C1. The molecule has 0 heterocycles. The van der Waals surface area contributed by atoms with Gasteiger partial charge in [0.1, 0.15) is 0 Å². The molecule has 1 aliphatic carbocycles. The van der Waals surface area contributed by atoms with Crippen molar-refractivity contribution in [3.63, 3.8) is 0 Å². The van der Waals surface area contributed by atoms with Crippen LogP contribution in [0.1, 0.15) is 38.5 Å². The van der Waals surface area contributed by atoms with Crippen LogP contribution in [0.25, 0.3) is 0 Å². The van der Waals surface area contributed by atoms with E-state index in [-0.39, 0.29) is 0 Å². The molecular formula is C10H19N. The van der Waals surface area contributed by atoms with Gasteiger partial charge in [-0.15, -0.1) is 6.58 Å². The Morgan fingerprint density at radius 3 is 2.91 bits per heavy atom. The first-order valence-corrected chi connectivity index (χ1v) is 4.69. The van der Waals surface area contributed by atoms with Crippen molar-refractivity contribution in [3.8, 4) is 0 Å². The zero-order chi connectivity index (χ0) is 8.10. The van der Waals surface area contributed by atoms with Crippen LogP contribution in [0.3, 0.4) is 0 Å². The summed E-state index contributed by atoms with van der Waals surface area (Å²) in [6, 6.07) is 0.485. The van der Waals surface area contributed by atoms with E-state index in [4.69, 9.17) is 5.73 Å². The maximum absolute atomic E-state index is 5.87. The number of rotatable bonds is 3. The van der Waals surface area contributed by atoms with Crippen LogP contribution in [0.5, 0.6) is 0 Å². The van der Waals surface area contributed by atoms with Crippen molar-refractivity contribution in [3.05, 3.63) is 12.7 Å². The van der Waals surface area contributed by atoms with Crippen molar-refractivity contribution in [2.24, 2.45) is 11.7 Å². The third-order valence-corrected chi connectivity index (χ3v) is 2.60. The highest BCUT2D eigenvalue weighted by Gasteiger charge is 2.17. The zero-order valence-corrected chi connectivity index (χ0v) is 7.26. The molecule has 1 heteroatoms. The van der Waals surface area contributed by atoms with E-state index in [1.807, 2.05) is 6.08 Å². The van der Waals surface area contributed by atoms with Crippen LogP contribution in [0, 0.1) is 5.92 Å². The molecule has 1 fully saturated rings. The zero-order valence-electron chi connectivity index (χ0n) is 7.26. The van der Waals surface area contributed by atoms with E-state index < -0.39 is 0 Å². The first-order valence-electron chi connectivity index (χ1n) is 4.69. The molecule has 0 aromatic heterocycles. The Hall–Kier alpha value is -0.300. The van der Waals surface area contributed by atoms with Gasteiger partial charge in [0.05, 0.1) is 0 Å². The molecule has 0 radical (unpaired) electrons.